The van der Waals surface area contributed by atoms with Crippen molar-refractivity contribution < 1.29 is 14.4 Å². The summed E-state index contributed by atoms with van der Waals surface area (Å²) < 4.78 is 0. The highest BCUT2D eigenvalue weighted by Gasteiger charge is 2.06. The molecule has 63 valence electrons. The summed E-state index contributed by atoms with van der Waals surface area (Å²) in [6, 6.07) is 0. The second-order valence-electron chi connectivity index (χ2n) is 1.82. The van der Waals surface area contributed by atoms with E-state index in [9.17, 15) is 9.59 Å². The summed E-state index contributed by atoms with van der Waals surface area (Å²) in [5, 5.41) is 3.02. The molecule has 0 atom stereocenters. The van der Waals surface area contributed by atoms with Crippen molar-refractivity contribution in [2.75, 3.05) is 13.6 Å². The molecule has 2 amide bonds. The molecular formula is C6H11N2O3. The Morgan fingerprint density at radius 3 is 2.73 bits per heavy atom. The van der Waals surface area contributed by atoms with Crippen LogP contribution in [0.2, 0.25) is 0 Å². The van der Waals surface area contributed by atoms with Crippen LogP contribution >= 0.6 is 0 Å². The number of amides is 2. The van der Waals surface area contributed by atoms with Crippen LogP contribution in [0.25, 0.3) is 0 Å². The Morgan fingerprint density at radius 1 is 1.73 bits per heavy atom. The lowest BCUT2D eigenvalue weighted by Gasteiger charge is -2.12. The van der Waals surface area contributed by atoms with Crippen molar-refractivity contribution in [2.45, 2.75) is 13.3 Å². The summed E-state index contributed by atoms with van der Waals surface area (Å²) in [6.07, 6.45) is 1.52. The van der Waals surface area contributed by atoms with E-state index < -0.39 is 6.09 Å². The maximum absolute atomic E-state index is 10.5. The van der Waals surface area contributed by atoms with Crippen molar-refractivity contribution in [1.29, 1.82) is 0 Å². The van der Waals surface area contributed by atoms with Crippen molar-refractivity contribution in [3.05, 3.63) is 0 Å². The number of carbonyl (C=O) groups is 1. The number of hydroxylamine groups is 2. The Labute approximate surface area is 65.3 Å². The second kappa shape index (κ2) is 5.52. The lowest BCUT2D eigenvalue weighted by atomic mass is 10.5. The molecular weight excluding hydrogens is 148 g/mol. The molecule has 5 heteroatoms. The zero-order chi connectivity index (χ0) is 8.69. The fraction of sp³-hybridized carbons (Fsp3) is 0.667. The van der Waals surface area contributed by atoms with Crippen molar-refractivity contribution in [3.8, 4) is 0 Å². The number of nitrogens with zero attached hydrogens (tertiary/aromatic N) is 1. The zero-order valence-electron chi connectivity index (χ0n) is 6.59. The molecule has 0 fully saturated rings. The highest BCUT2D eigenvalue weighted by atomic mass is 16.7. The first-order chi connectivity index (χ1) is 5.24. The van der Waals surface area contributed by atoms with E-state index in [4.69, 9.17) is 0 Å². The molecule has 0 unspecified atom stereocenters. The van der Waals surface area contributed by atoms with Gasteiger partial charge in [0.05, 0.1) is 6.54 Å². The molecule has 0 saturated carbocycles. The molecule has 0 aliphatic heterocycles. The third-order valence-corrected chi connectivity index (χ3v) is 0.926. The highest BCUT2D eigenvalue weighted by molar-refractivity contribution is 5.67. The molecule has 0 aromatic heterocycles. The molecule has 0 heterocycles. The minimum Gasteiger partial charge on any atom is -0.323 e. The van der Waals surface area contributed by atoms with Gasteiger partial charge in [-0.1, -0.05) is 6.92 Å². The predicted molar refractivity (Wildman–Crippen MR) is 38.2 cm³/mol. The van der Waals surface area contributed by atoms with Gasteiger partial charge in [-0.25, -0.2) is 4.79 Å². The van der Waals surface area contributed by atoms with Gasteiger partial charge in [-0.15, -0.1) is 0 Å². The maximum Gasteiger partial charge on any atom is 0.431 e. The van der Waals surface area contributed by atoms with Gasteiger partial charge in [0.2, 0.25) is 0 Å². The molecule has 0 aromatic rings. The Bertz CT molecular complexity index is 138. The van der Waals surface area contributed by atoms with Crippen LogP contribution in [0.4, 0.5) is 4.79 Å². The van der Waals surface area contributed by atoms with Crippen molar-refractivity contribution in [3.63, 3.8) is 0 Å². The summed E-state index contributed by atoms with van der Waals surface area (Å²) in [4.78, 5) is 25.0. The molecule has 1 radical (unpaired) electrons. The molecule has 0 spiro atoms. The summed E-state index contributed by atoms with van der Waals surface area (Å²) in [6.45, 7) is 2.22. The van der Waals surface area contributed by atoms with Crippen LogP contribution in [0.15, 0.2) is 0 Å². The van der Waals surface area contributed by atoms with E-state index in [1.807, 2.05) is 6.92 Å². The smallest absolute Gasteiger partial charge is 0.323 e. The molecule has 0 saturated heterocycles. The van der Waals surface area contributed by atoms with E-state index in [2.05, 4.69) is 10.2 Å². The van der Waals surface area contributed by atoms with E-state index in [0.717, 1.165) is 5.06 Å². The monoisotopic (exact) mass is 159 g/mol. The summed E-state index contributed by atoms with van der Waals surface area (Å²) in [5.41, 5.74) is 0. The number of hydrogen-bond donors (Lipinski definition) is 1. The van der Waals surface area contributed by atoms with Crippen LogP contribution in [0.1, 0.15) is 13.3 Å². The van der Waals surface area contributed by atoms with E-state index in [0.29, 0.717) is 13.0 Å². The Kier molecular flexibility index (Phi) is 4.89. The average molecular weight is 159 g/mol. The van der Waals surface area contributed by atoms with Crippen LogP contribution in [0.3, 0.4) is 0 Å². The normalized spacial score (nSPS) is 8.55. The maximum atomic E-state index is 10.5. The molecule has 1 N–H and O–H groups in total. The van der Waals surface area contributed by atoms with Crippen molar-refractivity contribution in [2.24, 2.45) is 0 Å². The van der Waals surface area contributed by atoms with Crippen LogP contribution in [-0.4, -0.2) is 31.2 Å². The minimum absolute atomic E-state index is 0.358. The van der Waals surface area contributed by atoms with Crippen molar-refractivity contribution in [1.82, 2.24) is 10.4 Å². The van der Waals surface area contributed by atoms with Gasteiger partial charge in [-0.3, -0.25) is 4.79 Å². The molecule has 5 nitrogen and oxygen atoms in total. The number of nitrogens with one attached hydrogen (secondary N) is 1. The molecule has 0 rings (SSSR count). The predicted octanol–water partition coefficient (Wildman–Crippen LogP) is 0.0366. The van der Waals surface area contributed by atoms with Gasteiger partial charge in [-0.05, 0) is 6.42 Å². The fourth-order valence-electron chi connectivity index (χ4n) is 0.459. The minimum atomic E-state index is -0.665. The third-order valence-electron chi connectivity index (χ3n) is 0.926. The molecule has 11 heavy (non-hydrogen) atoms. The first kappa shape index (κ1) is 9.74. The summed E-state index contributed by atoms with van der Waals surface area (Å²) in [5.74, 6) is 0. The number of carbonyl (C=O) groups excluding carboxylic acids is 2. The second-order valence-corrected chi connectivity index (χ2v) is 1.82. The van der Waals surface area contributed by atoms with Gasteiger partial charge in [0.1, 0.15) is 0 Å². The lowest BCUT2D eigenvalue weighted by Crippen LogP contribution is -2.31. The third kappa shape index (κ3) is 4.19. The summed E-state index contributed by atoms with van der Waals surface area (Å²) >= 11 is 0. The van der Waals surface area contributed by atoms with Crippen LogP contribution in [-0.2, 0) is 9.63 Å². The molecule has 0 aliphatic rings. The lowest BCUT2D eigenvalue weighted by molar-refractivity contribution is -0.0364. The van der Waals surface area contributed by atoms with E-state index in [-0.39, 0.29) is 0 Å². The quantitative estimate of drug-likeness (QED) is 0.465. The number of hydrogen-bond acceptors (Lipinski definition) is 3. The van der Waals surface area contributed by atoms with Gasteiger partial charge in [0.15, 0.2) is 0 Å². The van der Waals surface area contributed by atoms with Crippen LogP contribution in [0.5, 0.6) is 0 Å². The summed E-state index contributed by atoms with van der Waals surface area (Å²) in [7, 11) is 1.41. The highest BCUT2D eigenvalue weighted by Crippen LogP contribution is 1.88. The Balaban J connectivity index is 3.67. The standard InChI is InChI=1S/C6H11N2O3/c1-3-4-8(5-9)11-6(10)7-2/h3-4H2,1-2H3,(H,7,10). The molecule has 0 bridgehead atoms. The largest absolute Gasteiger partial charge is 0.431 e. The van der Waals surface area contributed by atoms with Crippen LogP contribution in [0, 0.1) is 0 Å². The van der Waals surface area contributed by atoms with E-state index >= 15 is 0 Å². The van der Waals surface area contributed by atoms with Gasteiger partial charge >= 0.3 is 12.5 Å². The number of rotatable bonds is 4. The zero-order valence-corrected chi connectivity index (χ0v) is 6.59. The molecule has 0 aliphatic carbocycles. The topological polar surface area (TPSA) is 58.6 Å². The fourth-order valence-corrected chi connectivity index (χ4v) is 0.459. The van der Waals surface area contributed by atoms with Gasteiger partial charge in [0, 0.05) is 7.05 Å². The van der Waals surface area contributed by atoms with Crippen molar-refractivity contribution >= 4 is 12.5 Å². The Hall–Kier alpha value is -1.26. The SMILES string of the molecule is CCCN([C]=O)OC(=O)NC. The first-order valence-electron chi connectivity index (χ1n) is 3.29. The van der Waals surface area contributed by atoms with Crippen LogP contribution < -0.4 is 5.32 Å². The van der Waals surface area contributed by atoms with Gasteiger partial charge in [-0.2, -0.15) is 5.06 Å². The van der Waals surface area contributed by atoms with E-state index in [1.165, 1.54) is 13.5 Å². The van der Waals surface area contributed by atoms with Gasteiger partial charge < -0.3 is 10.2 Å². The Morgan fingerprint density at radius 2 is 2.36 bits per heavy atom. The first-order valence-corrected chi connectivity index (χ1v) is 3.29. The van der Waals surface area contributed by atoms with E-state index in [1.54, 1.807) is 0 Å². The molecule has 0 aromatic carbocycles. The van der Waals surface area contributed by atoms with Gasteiger partial charge in [0.25, 0.3) is 0 Å². The average Bonchev–Trinajstić information content (AvgIpc) is 2.03.